The molecule has 0 fully saturated rings. The number of nitrogens with zero attached hydrogens (tertiary/aromatic N) is 1. The van der Waals surface area contributed by atoms with Gasteiger partial charge in [-0.05, 0) is 48.2 Å². The lowest BCUT2D eigenvalue weighted by Crippen LogP contribution is -2.28. The molecule has 0 radical (unpaired) electrons. The van der Waals surface area contributed by atoms with Gasteiger partial charge in [0.25, 0.3) is 0 Å². The zero-order valence-electron chi connectivity index (χ0n) is 13.1. The molecule has 22 heavy (non-hydrogen) atoms. The van der Waals surface area contributed by atoms with Crippen LogP contribution in [0, 0.1) is 0 Å². The third kappa shape index (κ3) is 4.70. The minimum Gasteiger partial charge on any atom is -0.378 e. The fourth-order valence-electron chi connectivity index (χ4n) is 1.94. The number of nitrogens with one attached hydrogen (secondary N) is 2. The average Bonchev–Trinajstić information content (AvgIpc) is 2.54. The van der Waals surface area contributed by atoms with E-state index in [1.54, 1.807) is 11.8 Å². The smallest absolute Gasteiger partial charge is 0.319 e. The van der Waals surface area contributed by atoms with Gasteiger partial charge in [-0.3, -0.25) is 0 Å². The maximum Gasteiger partial charge on any atom is 0.319 e. The lowest BCUT2D eigenvalue weighted by Gasteiger charge is -2.13. The summed E-state index contributed by atoms with van der Waals surface area (Å²) < 4.78 is 0. The number of anilines is 2. The number of hydrogen-bond donors (Lipinski definition) is 2. The zero-order chi connectivity index (χ0) is 15.9. The topological polar surface area (TPSA) is 44.4 Å². The summed E-state index contributed by atoms with van der Waals surface area (Å²) in [5, 5.41) is 5.68. The van der Waals surface area contributed by atoms with Crippen LogP contribution in [0.3, 0.4) is 0 Å². The van der Waals surface area contributed by atoms with Crippen LogP contribution in [0.4, 0.5) is 16.2 Å². The van der Waals surface area contributed by atoms with Crippen molar-refractivity contribution in [3.63, 3.8) is 0 Å². The molecule has 0 unspecified atom stereocenters. The Balaban J connectivity index is 1.84. The van der Waals surface area contributed by atoms with E-state index < -0.39 is 0 Å². The maximum atomic E-state index is 11.9. The van der Waals surface area contributed by atoms with Crippen LogP contribution in [0.1, 0.15) is 5.56 Å². The van der Waals surface area contributed by atoms with Gasteiger partial charge >= 0.3 is 6.03 Å². The molecule has 2 aromatic rings. The summed E-state index contributed by atoms with van der Waals surface area (Å²) in [4.78, 5) is 15.1. The van der Waals surface area contributed by atoms with Gasteiger partial charge in [0.1, 0.15) is 0 Å². The molecule has 0 saturated heterocycles. The van der Waals surface area contributed by atoms with Crippen LogP contribution in [0.5, 0.6) is 0 Å². The first kappa shape index (κ1) is 16.2. The lowest BCUT2D eigenvalue weighted by molar-refractivity contribution is 0.251. The Morgan fingerprint density at radius 1 is 1.05 bits per heavy atom. The number of hydrogen-bond acceptors (Lipinski definition) is 3. The van der Waals surface area contributed by atoms with Gasteiger partial charge in [0.05, 0.1) is 0 Å². The molecule has 2 aromatic carbocycles. The van der Waals surface area contributed by atoms with Gasteiger partial charge < -0.3 is 15.5 Å². The Morgan fingerprint density at radius 3 is 2.23 bits per heavy atom. The number of urea groups is 1. The van der Waals surface area contributed by atoms with Gasteiger partial charge in [-0.15, -0.1) is 11.8 Å². The summed E-state index contributed by atoms with van der Waals surface area (Å²) in [5.74, 6) is 0. The highest BCUT2D eigenvalue weighted by Gasteiger charge is 2.02. The Hall–Kier alpha value is -2.14. The summed E-state index contributed by atoms with van der Waals surface area (Å²) in [6.07, 6.45) is 2.04. The van der Waals surface area contributed by atoms with Crippen LogP contribution in [0.2, 0.25) is 0 Å². The minimum atomic E-state index is -0.202. The fraction of sp³-hybridized carbons (Fsp3) is 0.235. The molecule has 2 amide bonds. The number of rotatable bonds is 5. The summed E-state index contributed by atoms with van der Waals surface area (Å²) in [5.41, 5.74) is 2.96. The summed E-state index contributed by atoms with van der Waals surface area (Å²) >= 11 is 1.70. The number of thioether (sulfide) groups is 1. The standard InChI is InChI=1S/C17H21N3OS/c1-20(2)15-8-6-14(7-9-15)19-17(21)18-12-13-4-10-16(22-3)11-5-13/h4-11H,12H2,1-3H3,(H2,18,19,21). The quantitative estimate of drug-likeness (QED) is 0.825. The van der Waals surface area contributed by atoms with Crippen molar-refractivity contribution in [3.05, 3.63) is 54.1 Å². The minimum absolute atomic E-state index is 0.202. The van der Waals surface area contributed by atoms with Crippen molar-refractivity contribution in [3.8, 4) is 0 Å². The van der Waals surface area contributed by atoms with E-state index in [0.29, 0.717) is 6.54 Å². The third-order valence-electron chi connectivity index (χ3n) is 3.25. The SMILES string of the molecule is CSc1ccc(CNC(=O)Nc2ccc(N(C)C)cc2)cc1. The monoisotopic (exact) mass is 315 g/mol. The van der Waals surface area contributed by atoms with Crippen molar-refractivity contribution in [2.45, 2.75) is 11.4 Å². The van der Waals surface area contributed by atoms with Crippen LogP contribution >= 0.6 is 11.8 Å². The number of carbonyl (C=O) groups excluding carboxylic acids is 1. The molecule has 0 atom stereocenters. The zero-order valence-corrected chi connectivity index (χ0v) is 13.9. The molecule has 4 nitrogen and oxygen atoms in total. The fourth-order valence-corrected chi connectivity index (χ4v) is 2.35. The van der Waals surface area contributed by atoms with E-state index in [9.17, 15) is 4.79 Å². The highest BCUT2D eigenvalue weighted by Crippen LogP contribution is 2.16. The van der Waals surface area contributed by atoms with E-state index in [2.05, 4.69) is 22.8 Å². The highest BCUT2D eigenvalue weighted by atomic mass is 32.2. The molecule has 2 N–H and O–H groups in total. The molecule has 0 aromatic heterocycles. The lowest BCUT2D eigenvalue weighted by atomic mass is 10.2. The van der Waals surface area contributed by atoms with Crippen molar-refractivity contribution in [2.24, 2.45) is 0 Å². The second kappa shape index (κ2) is 7.75. The molecule has 0 aliphatic carbocycles. The van der Waals surface area contributed by atoms with E-state index >= 15 is 0 Å². The van der Waals surface area contributed by atoms with Gasteiger partial charge in [-0.25, -0.2) is 4.79 Å². The predicted molar refractivity (Wildman–Crippen MR) is 94.9 cm³/mol. The van der Waals surface area contributed by atoms with Crippen molar-refractivity contribution in [1.29, 1.82) is 0 Å². The number of amides is 2. The molecule has 0 bridgehead atoms. The van der Waals surface area contributed by atoms with Crippen molar-refractivity contribution in [2.75, 3.05) is 30.6 Å². The summed E-state index contributed by atoms with van der Waals surface area (Å²) in [6.45, 7) is 0.510. The van der Waals surface area contributed by atoms with Crippen molar-refractivity contribution >= 4 is 29.2 Å². The first-order chi connectivity index (χ1) is 10.6. The molecule has 116 valence electrons. The molecule has 0 aliphatic rings. The molecule has 0 saturated carbocycles. The Bertz CT molecular complexity index is 609. The number of carbonyl (C=O) groups is 1. The van der Waals surface area contributed by atoms with Gasteiger partial charge in [-0.1, -0.05) is 12.1 Å². The molecule has 5 heteroatoms. The molecule has 0 spiro atoms. The van der Waals surface area contributed by atoms with E-state index in [1.165, 1.54) is 4.90 Å². The first-order valence-corrected chi connectivity index (χ1v) is 8.26. The van der Waals surface area contributed by atoms with Crippen molar-refractivity contribution in [1.82, 2.24) is 5.32 Å². The Morgan fingerprint density at radius 2 is 1.68 bits per heavy atom. The maximum absolute atomic E-state index is 11.9. The molecular weight excluding hydrogens is 294 g/mol. The van der Waals surface area contributed by atoms with Crippen LogP contribution in [-0.2, 0) is 6.54 Å². The third-order valence-corrected chi connectivity index (χ3v) is 4.00. The Kier molecular flexibility index (Phi) is 5.72. The second-order valence-electron chi connectivity index (χ2n) is 5.10. The van der Waals surface area contributed by atoms with E-state index in [4.69, 9.17) is 0 Å². The van der Waals surface area contributed by atoms with Crippen LogP contribution in [0.15, 0.2) is 53.4 Å². The van der Waals surface area contributed by atoms with Gasteiger partial charge in [-0.2, -0.15) is 0 Å². The predicted octanol–water partition coefficient (Wildman–Crippen LogP) is 3.80. The molecule has 0 heterocycles. The van der Waals surface area contributed by atoms with E-state index in [1.807, 2.05) is 61.6 Å². The summed E-state index contributed by atoms with van der Waals surface area (Å²) in [7, 11) is 3.97. The van der Waals surface area contributed by atoms with Gasteiger partial charge in [0.2, 0.25) is 0 Å². The average molecular weight is 315 g/mol. The van der Waals surface area contributed by atoms with E-state index in [-0.39, 0.29) is 6.03 Å². The van der Waals surface area contributed by atoms with Gasteiger partial charge in [0, 0.05) is 36.9 Å². The van der Waals surface area contributed by atoms with Crippen molar-refractivity contribution < 1.29 is 4.79 Å². The molecular formula is C17H21N3OS. The van der Waals surface area contributed by atoms with E-state index in [0.717, 1.165) is 16.9 Å². The largest absolute Gasteiger partial charge is 0.378 e. The summed E-state index contributed by atoms with van der Waals surface area (Å²) in [6, 6.07) is 15.7. The number of benzene rings is 2. The highest BCUT2D eigenvalue weighted by molar-refractivity contribution is 7.98. The molecule has 0 aliphatic heterocycles. The van der Waals surface area contributed by atoms with Crippen LogP contribution < -0.4 is 15.5 Å². The first-order valence-electron chi connectivity index (χ1n) is 7.03. The van der Waals surface area contributed by atoms with Crippen LogP contribution in [-0.4, -0.2) is 26.4 Å². The Labute approximate surface area is 135 Å². The van der Waals surface area contributed by atoms with Crippen LogP contribution in [0.25, 0.3) is 0 Å². The molecule has 2 rings (SSSR count). The van der Waals surface area contributed by atoms with Gasteiger partial charge in [0.15, 0.2) is 0 Å². The normalized spacial score (nSPS) is 10.1. The second-order valence-corrected chi connectivity index (χ2v) is 5.98.